The number of Topliss-reactive ketones (excluding diaryl/α,β-unsaturated/α-hetero) is 1. The minimum Gasteiger partial charge on any atom is -0.366 e. The van der Waals surface area contributed by atoms with Gasteiger partial charge in [-0.25, -0.2) is 0 Å². The van der Waals surface area contributed by atoms with Gasteiger partial charge in [-0.3, -0.25) is 14.4 Å². The zero-order valence-corrected chi connectivity index (χ0v) is 9.88. The highest BCUT2D eigenvalue weighted by Gasteiger charge is 2.09. The van der Waals surface area contributed by atoms with Crippen molar-refractivity contribution in [1.82, 2.24) is 0 Å². The van der Waals surface area contributed by atoms with Gasteiger partial charge >= 0.3 is 0 Å². The van der Waals surface area contributed by atoms with Gasteiger partial charge in [-0.15, -0.1) is 0 Å². The summed E-state index contributed by atoms with van der Waals surface area (Å²) in [4.78, 5) is 32.9. The maximum Gasteiger partial charge on any atom is 0.248 e. The van der Waals surface area contributed by atoms with Crippen LogP contribution in [0.15, 0.2) is 18.2 Å². The third-order valence-corrected chi connectivity index (χ3v) is 2.25. The van der Waals surface area contributed by atoms with Crippen LogP contribution < -0.4 is 11.1 Å². The molecule has 0 aliphatic rings. The molecule has 0 aliphatic heterocycles. The van der Waals surface area contributed by atoms with Crippen LogP contribution in [-0.2, 0) is 9.59 Å². The van der Waals surface area contributed by atoms with Gasteiger partial charge in [0.1, 0.15) is 5.78 Å². The first kappa shape index (κ1) is 13.2. The summed E-state index contributed by atoms with van der Waals surface area (Å²) in [6.07, 6.45) is -0.214. The zero-order chi connectivity index (χ0) is 13.0. The number of hydrogen-bond donors (Lipinski definition) is 2. The first-order valence-corrected chi connectivity index (χ1v) is 5.16. The number of halogens is 1. The zero-order valence-electron chi connectivity index (χ0n) is 9.12. The minimum absolute atomic E-state index is 0.193. The van der Waals surface area contributed by atoms with Crippen molar-refractivity contribution in [3.63, 3.8) is 0 Å². The highest BCUT2D eigenvalue weighted by atomic mass is 35.5. The Bertz CT molecular complexity index is 486. The summed E-state index contributed by atoms with van der Waals surface area (Å²) in [5.41, 5.74) is 5.66. The standard InChI is InChI=1S/C11H11ClN2O3/c1-6(15)4-10(16)14-9-3-2-7(11(13)17)5-8(9)12/h2-3,5H,4H2,1H3,(H2,13,17)(H,14,16). The minimum atomic E-state index is -0.603. The van der Waals surface area contributed by atoms with Gasteiger partial charge in [-0.05, 0) is 25.1 Å². The average molecular weight is 255 g/mol. The number of carbonyl (C=O) groups is 3. The fourth-order valence-electron chi connectivity index (χ4n) is 1.19. The molecule has 0 saturated heterocycles. The van der Waals surface area contributed by atoms with Gasteiger partial charge in [0.2, 0.25) is 11.8 Å². The van der Waals surface area contributed by atoms with Gasteiger partial charge < -0.3 is 11.1 Å². The van der Waals surface area contributed by atoms with E-state index in [9.17, 15) is 14.4 Å². The molecular formula is C11H11ClN2O3. The second-order valence-electron chi connectivity index (χ2n) is 3.49. The quantitative estimate of drug-likeness (QED) is 0.795. The van der Waals surface area contributed by atoms with Crippen LogP contribution in [0, 0.1) is 0 Å². The molecule has 1 aromatic rings. The first-order chi connectivity index (χ1) is 7.90. The van der Waals surface area contributed by atoms with E-state index >= 15 is 0 Å². The Labute approximate surface area is 103 Å². The van der Waals surface area contributed by atoms with E-state index in [0.717, 1.165) is 0 Å². The molecule has 0 unspecified atom stereocenters. The van der Waals surface area contributed by atoms with Crippen LogP contribution in [0.5, 0.6) is 0 Å². The van der Waals surface area contributed by atoms with Gasteiger partial charge in [-0.2, -0.15) is 0 Å². The fourth-order valence-corrected chi connectivity index (χ4v) is 1.42. The van der Waals surface area contributed by atoms with E-state index < -0.39 is 11.8 Å². The van der Waals surface area contributed by atoms with Gasteiger partial charge in [0.15, 0.2) is 0 Å². The van der Waals surface area contributed by atoms with Crippen molar-refractivity contribution in [3.8, 4) is 0 Å². The number of amides is 2. The largest absolute Gasteiger partial charge is 0.366 e. The van der Waals surface area contributed by atoms with E-state index in [2.05, 4.69) is 5.32 Å². The number of anilines is 1. The van der Waals surface area contributed by atoms with E-state index in [4.69, 9.17) is 17.3 Å². The van der Waals surface area contributed by atoms with Gasteiger partial charge in [0, 0.05) is 5.56 Å². The monoisotopic (exact) mass is 254 g/mol. The SMILES string of the molecule is CC(=O)CC(=O)Nc1ccc(C(N)=O)cc1Cl. The summed E-state index contributed by atoms with van der Waals surface area (Å²) < 4.78 is 0. The lowest BCUT2D eigenvalue weighted by atomic mass is 10.2. The molecule has 0 aliphatic carbocycles. The van der Waals surface area contributed by atoms with Crippen molar-refractivity contribution in [2.45, 2.75) is 13.3 Å². The first-order valence-electron chi connectivity index (χ1n) is 4.79. The molecule has 0 heterocycles. The molecule has 1 aromatic carbocycles. The van der Waals surface area contributed by atoms with Crippen molar-refractivity contribution in [2.75, 3.05) is 5.32 Å². The molecular weight excluding hydrogens is 244 g/mol. The van der Waals surface area contributed by atoms with E-state index in [-0.39, 0.29) is 22.8 Å². The molecule has 0 bridgehead atoms. The van der Waals surface area contributed by atoms with Crippen molar-refractivity contribution >= 4 is 34.9 Å². The summed E-state index contributed by atoms with van der Waals surface area (Å²) in [5.74, 6) is -1.30. The Balaban J connectivity index is 2.83. The maximum absolute atomic E-state index is 11.3. The molecule has 0 aromatic heterocycles. The van der Waals surface area contributed by atoms with Crippen molar-refractivity contribution < 1.29 is 14.4 Å². The number of benzene rings is 1. The molecule has 0 spiro atoms. The van der Waals surface area contributed by atoms with E-state index in [1.807, 2.05) is 0 Å². The van der Waals surface area contributed by atoms with Crippen molar-refractivity contribution in [3.05, 3.63) is 28.8 Å². The summed E-state index contributed by atoms with van der Waals surface area (Å²) in [6, 6.07) is 4.26. The molecule has 0 radical (unpaired) electrons. The lowest BCUT2D eigenvalue weighted by molar-refractivity contribution is -0.124. The molecule has 0 saturated carbocycles. The summed E-state index contributed by atoms with van der Waals surface area (Å²) in [5, 5.41) is 2.66. The van der Waals surface area contributed by atoms with E-state index in [0.29, 0.717) is 5.69 Å². The van der Waals surface area contributed by atoms with Crippen LogP contribution in [0.4, 0.5) is 5.69 Å². The third kappa shape index (κ3) is 3.88. The molecule has 0 fully saturated rings. The Kier molecular flexibility index (Phi) is 4.23. The van der Waals surface area contributed by atoms with Crippen LogP contribution in [0.3, 0.4) is 0 Å². The molecule has 0 atom stereocenters. The summed E-state index contributed by atoms with van der Waals surface area (Å²) in [7, 11) is 0. The van der Waals surface area contributed by atoms with Crippen LogP contribution in [0.1, 0.15) is 23.7 Å². The number of carbonyl (C=O) groups excluding carboxylic acids is 3. The predicted molar refractivity (Wildman–Crippen MR) is 63.9 cm³/mol. The predicted octanol–water partition coefficient (Wildman–Crippen LogP) is 1.36. The molecule has 3 N–H and O–H groups in total. The number of primary amides is 1. The van der Waals surface area contributed by atoms with E-state index in [1.165, 1.54) is 25.1 Å². The third-order valence-electron chi connectivity index (χ3n) is 1.94. The molecule has 90 valence electrons. The molecule has 1 rings (SSSR count). The molecule has 6 heteroatoms. The summed E-state index contributed by atoms with van der Waals surface area (Å²) >= 11 is 5.85. The van der Waals surface area contributed by atoms with E-state index in [1.54, 1.807) is 0 Å². The Morgan fingerprint density at radius 2 is 2.00 bits per heavy atom. The summed E-state index contributed by atoms with van der Waals surface area (Å²) in [6.45, 7) is 1.32. The van der Waals surface area contributed by atoms with Crippen LogP contribution in [0.25, 0.3) is 0 Å². The highest BCUT2D eigenvalue weighted by Crippen LogP contribution is 2.23. The Hall–Kier alpha value is -1.88. The average Bonchev–Trinajstić information content (AvgIpc) is 2.19. The molecule has 2 amide bonds. The Morgan fingerprint density at radius 1 is 1.35 bits per heavy atom. The van der Waals surface area contributed by atoms with Crippen molar-refractivity contribution in [2.24, 2.45) is 5.73 Å². The van der Waals surface area contributed by atoms with Crippen molar-refractivity contribution in [1.29, 1.82) is 0 Å². The molecule has 5 nitrogen and oxygen atoms in total. The smallest absolute Gasteiger partial charge is 0.248 e. The van der Waals surface area contributed by atoms with Gasteiger partial charge in [0.25, 0.3) is 0 Å². The lowest BCUT2D eigenvalue weighted by Gasteiger charge is -2.07. The number of nitrogens with two attached hydrogens (primary N) is 1. The van der Waals surface area contributed by atoms with Crippen LogP contribution in [0.2, 0.25) is 5.02 Å². The fraction of sp³-hybridized carbons (Fsp3) is 0.182. The second kappa shape index (κ2) is 5.45. The van der Waals surface area contributed by atoms with Gasteiger partial charge in [0.05, 0.1) is 17.1 Å². The normalized spacial score (nSPS) is 9.76. The number of hydrogen-bond acceptors (Lipinski definition) is 3. The van der Waals surface area contributed by atoms with Gasteiger partial charge in [-0.1, -0.05) is 11.6 Å². The topological polar surface area (TPSA) is 89.3 Å². The Morgan fingerprint density at radius 3 is 2.47 bits per heavy atom. The van der Waals surface area contributed by atoms with Crippen LogP contribution >= 0.6 is 11.6 Å². The second-order valence-corrected chi connectivity index (χ2v) is 3.89. The van der Waals surface area contributed by atoms with Crippen LogP contribution in [-0.4, -0.2) is 17.6 Å². The number of rotatable bonds is 4. The molecule has 17 heavy (non-hydrogen) atoms. The highest BCUT2D eigenvalue weighted by molar-refractivity contribution is 6.34. The lowest BCUT2D eigenvalue weighted by Crippen LogP contribution is -2.15. The number of ketones is 1. The maximum atomic E-state index is 11.3. The number of nitrogens with one attached hydrogen (secondary N) is 1.